The quantitative estimate of drug-likeness (QED) is 0.657. The molecule has 0 aromatic carbocycles. The molecule has 0 radical (unpaired) electrons. The van der Waals surface area contributed by atoms with Crippen molar-refractivity contribution in [1.82, 2.24) is 4.90 Å². The van der Waals surface area contributed by atoms with E-state index in [1.807, 2.05) is 13.0 Å². The summed E-state index contributed by atoms with van der Waals surface area (Å²) in [6.07, 6.45) is 6.34. The van der Waals surface area contributed by atoms with Gasteiger partial charge in [0.25, 0.3) is 0 Å². The second-order valence-electron chi connectivity index (χ2n) is 3.99. The fourth-order valence-electron chi connectivity index (χ4n) is 2.11. The third-order valence-electron chi connectivity index (χ3n) is 2.73. The van der Waals surface area contributed by atoms with Gasteiger partial charge in [-0.1, -0.05) is 6.08 Å². The molecule has 0 spiro atoms. The Morgan fingerprint density at radius 3 is 3.08 bits per heavy atom. The van der Waals surface area contributed by atoms with Gasteiger partial charge in [-0.2, -0.15) is 0 Å². The Bertz CT molecular complexity index is 156. The molecule has 1 saturated heterocycles. The second kappa shape index (κ2) is 5.40. The van der Waals surface area contributed by atoms with Crippen molar-refractivity contribution in [3.63, 3.8) is 0 Å². The van der Waals surface area contributed by atoms with Crippen molar-refractivity contribution in [3.05, 3.63) is 12.7 Å². The van der Waals surface area contributed by atoms with Crippen LogP contribution < -0.4 is 0 Å². The van der Waals surface area contributed by atoms with E-state index in [1.54, 1.807) is 0 Å². The van der Waals surface area contributed by atoms with Crippen LogP contribution in [0.3, 0.4) is 0 Å². The summed E-state index contributed by atoms with van der Waals surface area (Å²) in [5, 5.41) is 9.31. The summed E-state index contributed by atoms with van der Waals surface area (Å²) in [6.45, 7) is 7.92. The first-order chi connectivity index (χ1) is 6.24. The van der Waals surface area contributed by atoms with Gasteiger partial charge in [0.15, 0.2) is 0 Å². The highest BCUT2D eigenvalue weighted by molar-refractivity contribution is 4.82. The van der Waals surface area contributed by atoms with E-state index < -0.39 is 0 Å². The molecule has 2 nitrogen and oxygen atoms in total. The maximum Gasteiger partial charge on any atom is 0.0527 e. The van der Waals surface area contributed by atoms with Crippen LogP contribution in [0.5, 0.6) is 0 Å². The van der Waals surface area contributed by atoms with E-state index in [2.05, 4.69) is 11.5 Å². The molecule has 0 aliphatic carbocycles. The zero-order valence-electron chi connectivity index (χ0n) is 8.58. The average molecular weight is 183 g/mol. The largest absolute Gasteiger partial charge is 0.393 e. The Hall–Kier alpha value is -0.340. The molecular weight excluding hydrogens is 162 g/mol. The summed E-state index contributed by atoms with van der Waals surface area (Å²) < 4.78 is 0. The molecule has 0 aromatic heterocycles. The van der Waals surface area contributed by atoms with Crippen LogP contribution in [0.4, 0.5) is 0 Å². The van der Waals surface area contributed by atoms with E-state index in [4.69, 9.17) is 0 Å². The van der Waals surface area contributed by atoms with Crippen LogP contribution in [-0.2, 0) is 0 Å². The molecule has 1 aliphatic rings. The molecule has 1 aliphatic heterocycles. The summed E-state index contributed by atoms with van der Waals surface area (Å²) >= 11 is 0. The maximum atomic E-state index is 9.31. The minimum atomic E-state index is -0.158. The third kappa shape index (κ3) is 3.49. The zero-order valence-corrected chi connectivity index (χ0v) is 8.58. The number of aliphatic hydroxyl groups excluding tert-OH is 1. The first-order valence-corrected chi connectivity index (χ1v) is 5.27. The number of hydrogen-bond acceptors (Lipinski definition) is 2. The number of nitrogens with zero attached hydrogens (tertiary/aromatic N) is 1. The molecule has 0 aromatic rings. The lowest BCUT2D eigenvalue weighted by Gasteiger charge is -2.24. The van der Waals surface area contributed by atoms with Crippen molar-refractivity contribution < 1.29 is 5.11 Å². The summed E-state index contributed by atoms with van der Waals surface area (Å²) in [6, 6.07) is 0.611. The van der Waals surface area contributed by atoms with Gasteiger partial charge in [-0.3, -0.25) is 4.90 Å². The second-order valence-corrected chi connectivity index (χ2v) is 3.99. The van der Waals surface area contributed by atoms with Gasteiger partial charge in [0.1, 0.15) is 0 Å². The van der Waals surface area contributed by atoms with Crippen LogP contribution in [0, 0.1) is 0 Å². The van der Waals surface area contributed by atoms with Crippen LogP contribution in [-0.4, -0.2) is 35.2 Å². The fourth-order valence-corrected chi connectivity index (χ4v) is 2.11. The van der Waals surface area contributed by atoms with Gasteiger partial charge in [0.05, 0.1) is 6.10 Å². The third-order valence-corrected chi connectivity index (χ3v) is 2.73. The minimum Gasteiger partial charge on any atom is -0.393 e. The number of likely N-dealkylation sites (tertiary alicyclic amines) is 1. The molecule has 1 fully saturated rings. The smallest absolute Gasteiger partial charge is 0.0527 e. The number of aliphatic hydroxyl groups is 1. The fraction of sp³-hybridized carbons (Fsp3) is 0.818. The highest BCUT2D eigenvalue weighted by Gasteiger charge is 2.24. The van der Waals surface area contributed by atoms with Crippen LogP contribution >= 0.6 is 0 Å². The van der Waals surface area contributed by atoms with Crippen LogP contribution in [0.25, 0.3) is 0 Å². The summed E-state index contributed by atoms with van der Waals surface area (Å²) in [7, 11) is 0. The van der Waals surface area contributed by atoms with Crippen molar-refractivity contribution in [2.24, 2.45) is 0 Å². The summed E-state index contributed by atoms with van der Waals surface area (Å²) in [5.74, 6) is 0. The predicted octanol–water partition coefficient (Wildman–Crippen LogP) is 1.80. The van der Waals surface area contributed by atoms with Gasteiger partial charge in [0.2, 0.25) is 0 Å². The van der Waals surface area contributed by atoms with Gasteiger partial charge >= 0.3 is 0 Å². The van der Waals surface area contributed by atoms with Crippen molar-refractivity contribution in [3.8, 4) is 0 Å². The Labute approximate surface area is 81.2 Å². The standard InChI is InChI=1S/C11H21NO/c1-3-4-7-12-8-5-6-11(12)9-10(2)13/h3,10-11,13H,1,4-9H2,2H3. The van der Waals surface area contributed by atoms with Gasteiger partial charge in [-0.15, -0.1) is 6.58 Å². The summed E-state index contributed by atoms with van der Waals surface area (Å²) in [5.41, 5.74) is 0. The first kappa shape index (κ1) is 10.7. The molecule has 2 heteroatoms. The molecule has 0 amide bonds. The van der Waals surface area contributed by atoms with E-state index in [0.29, 0.717) is 6.04 Å². The van der Waals surface area contributed by atoms with E-state index >= 15 is 0 Å². The highest BCUT2D eigenvalue weighted by atomic mass is 16.3. The van der Waals surface area contributed by atoms with Gasteiger partial charge in [0, 0.05) is 12.6 Å². The normalized spacial score (nSPS) is 26.2. The van der Waals surface area contributed by atoms with Gasteiger partial charge in [-0.25, -0.2) is 0 Å². The Morgan fingerprint density at radius 1 is 1.69 bits per heavy atom. The summed E-state index contributed by atoms with van der Waals surface area (Å²) in [4.78, 5) is 2.48. The predicted molar refractivity (Wildman–Crippen MR) is 55.7 cm³/mol. The SMILES string of the molecule is C=CCCN1CCCC1CC(C)O. The Morgan fingerprint density at radius 2 is 2.46 bits per heavy atom. The van der Waals surface area contributed by atoms with Crippen LogP contribution in [0.1, 0.15) is 32.6 Å². The van der Waals surface area contributed by atoms with Crippen LogP contribution in [0.2, 0.25) is 0 Å². The maximum absolute atomic E-state index is 9.31. The molecule has 0 bridgehead atoms. The number of hydrogen-bond donors (Lipinski definition) is 1. The average Bonchev–Trinajstić information content (AvgIpc) is 2.48. The Kier molecular flexibility index (Phi) is 4.46. The molecule has 0 saturated carbocycles. The molecular formula is C11H21NO. The molecule has 2 atom stereocenters. The van der Waals surface area contributed by atoms with Crippen molar-refractivity contribution in [2.75, 3.05) is 13.1 Å². The lowest BCUT2D eigenvalue weighted by atomic mass is 10.1. The van der Waals surface area contributed by atoms with Crippen molar-refractivity contribution in [2.45, 2.75) is 44.8 Å². The van der Waals surface area contributed by atoms with Crippen molar-refractivity contribution >= 4 is 0 Å². The molecule has 1 heterocycles. The highest BCUT2D eigenvalue weighted by Crippen LogP contribution is 2.21. The van der Waals surface area contributed by atoms with E-state index in [0.717, 1.165) is 19.4 Å². The van der Waals surface area contributed by atoms with Gasteiger partial charge < -0.3 is 5.11 Å². The van der Waals surface area contributed by atoms with E-state index in [9.17, 15) is 5.11 Å². The first-order valence-electron chi connectivity index (χ1n) is 5.27. The van der Waals surface area contributed by atoms with Crippen molar-refractivity contribution in [1.29, 1.82) is 0 Å². The zero-order chi connectivity index (χ0) is 9.68. The molecule has 1 rings (SSSR count). The minimum absolute atomic E-state index is 0.158. The van der Waals surface area contributed by atoms with Crippen LogP contribution in [0.15, 0.2) is 12.7 Å². The lowest BCUT2D eigenvalue weighted by molar-refractivity contribution is 0.135. The number of rotatable bonds is 5. The Balaban J connectivity index is 2.30. The molecule has 76 valence electrons. The topological polar surface area (TPSA) is 23.5 Å². The lowest BCUT2D eigenvalue weighted by Crippen LogP contribution is -2.32. The molecule has 1 N–H and O–H groups in total. The van der Waals surface area contributed by atoms with E-state index in [1.165, 1.54) is 19.4 Å². The van der Waals surface area contributed by atoms with Gasteiger partial charge in [-0.05, 0) is 39.2 Å². The van der Waals surface area contributed by atoms with E-state index in [-0.39, 0.29) is 6.10 Å². The molecule has 13 heavy (non-hydrogen) atoms. The molecule has 2 unspecified atom stereocenters. The monoisotopic (exact) mass is 183 g/mol.